The van der Waals surface area contributed by atoms with Crippen LogP contribution in [0, 0.1) is 6.92 Å². The molecule has 0 aliphatic rings. The van der Waals surface area contributed by atoms with Crippen molar-refractivity contribution in [2.45, 2.75) is 6.92 Å². The van der Waals surface area contributed by atoms with Crippen LogP contribution in [0.2, 0.25) is 0 Å². The average Bonchev–Trinajstić information content (AvgIpc) is 2.60. The molecule has 2 aromatic rings. The summed E-state index contributed by atoms with van der Waals surface area (Å²) in [5.41, 5.74) is 1.70. The number of hydrogen-bond donors (Lipinski definition) is 0. The van der Waals surface area contributed by atoms with Crippen LogP contribution in [-0.2, 0) is 0 Å². The SMILES string of the molecule is COc1nn(-c2cccc(C)c2)c(=O)o1. The summed E-state index contributed by atoms with van der Waals surface area (Å²) in [6.07, 6.45) is -0.0403. The summed E-state index contributed by atoms with van der Waals surface area (Å²) in [5.74, 6) is -0.558. The van der Waals surface area contributed by atoms with Crippen LogP contribution in [0.5, 0.6) is 6.08 Å². The smallest absolute Gasteiger partial charge is 0.444 e. The molecule has 0 aliphatic heterocycles. The van der Waals surface area contributed by atoms with Crippen molar-refractivity contribution in [3.8, 4) is 11.8 Å². The molecule has 78 valence electrons. The van der Waals surface area contributed by atoms with Gasteiger partial charge in [-0.05, 0) is 24.6 Å². The van der Waals surface area contributed by atoms with Crippen LogP contribution in [0.4, 0.5) is 0 Å². The van der Waals surface area contributed by atoms with Gasteiger partial charge in [-0.15, -0.1) is 0 Å². The highest BCUT2D eigenvalue weighted by molar-refractivity contribution is 5.33. The average molecular weight is 206 g/mol. The minimum atomic E-state index is -0.558. The van der Waals surface area contributed by atoms with Crippen molar-refractivity contribution in [2.24, 2.45) is 0 Å². The van der Waals surface area contributed by atoms with E-state index >= 15 is 0 Å². The summed E-state index contributed by atoms with van der Waals surface area (Å²) in [6, 6.07) is 7.39. The first-order valence-corrected chi connectivity index (χ1v) is 4.42. The summed E-state index contributed by atoms with van der Waals surface area (Å²) >= 11 is 0. The van der Waals surface area contributed by atoms with Crippen LogP contribution < -0.4 is 10.5 Å². The van der Waals surface area contributed by atoms with E-state index in [9.17, 15) is 4.79 Å². The van der Waals surface area contributed by atoms with Crippen LogP contribution >= 0.6 is 0 Å². The lowest BCUT2D eigenvalue weighted by Crippen LogP contribution is -2.13. The maximum absolute atomic E-state index is 11.4. The predicted octanol–water partition coefficient (Wildman–Crippen LogP) is 1.14. The Morgan fingerprint density at radius 1 is 1.47 bits per heavy atom. The fourth-order valence-electron chi connectivity index (χ4n) is 1.27. The normalized spacial score (nSPS) is 10.3. The van der Waals surface area contributed by atoms with Crippen molar-refractivity contribution in [3.63, 3.8) is 0 Å². The highest BCUT2D eigenvalue weighted by Crippen LogP contribution is 2.09. The molecule has 0 N–H and O–H groups in total. The Bertz CT molecular complexity index is 527. The van der Waals surface area contributed by atoms with Crippen LogP contribution in [0.15, 0.2) is 33.5 Å². The first-order valence-electron chi connectivity index (χ1n) is 4.42. The molecular weight excluding hydrogens is 196 g/mol. The van der Waals surface area contributed by atoms with E-state index in [2.05, 4.69) is 5.10 Å². The van der Waals surface area contributed by atoms with Gasteiger partial charge in [-0.1, -0.05) is 17.2 Å². The van der Waals surface area contributed by atoms with E-state index in [1.54, 1.807) is 6.07 Å². The molecule has 5 nitrogen and oxygen atoms in total. The number of hydrogen-bond acceptors (Lipinski definition) is 4. The van der Waals surface area contributed by atoms with Crippen molar-refractivity contribution in [3.05, 3.63) is 40.4 Å². The van der Waals surface area contributed by atoms with Gasteiger partial charge in [0.25, 0.3) is 0 Å². The molecule has 15 heavy (non-hydrogen) atoms. The Morgan fingerprint density at radius 3 is 2.87 bits per heavy atom. The molecule has 0 spiro atoms. The Balaban J connectivity index is 2.54. The van der Waals surface area contributed by atoms with E-state index in [4.69, 9.17) is 9.15 Å². The maximum Gasteiger partial charge on any atom is 0.444 e. The summed E-state index contributed by atoms with van der Waals surface area (Å²) < 4.78 is 10.6. The van der Waals surface area contributed by atoms with E-state index in [1.165, 1.54) is 7.11 Å². The second-order valence-corrected chi connectivity index (χ2v) is 3.09. The molecule has 0 amide bonds. The van der Waals surface area contributed by atoms with Gasteiger partial charge in [0.1, 0.15) is 0 Å². The zero-order chi connectivity index (χ0) is 10.8. The number of benzene rings is 1. The van der Waals surface area contributed by atoms with E-state index in [-0.39, 0.29) is 6.08 Å². The fourth-order valence-corrected chi connectivity index (χ4v) is 1.27. The standard InChI is InChI=1S/C10H10N2O3/c1-7-4-3-5-8(6-7)12-10(13)15-9(11-12)14-2/h3-6H,1-2H3. The molecular formula is C10H10N2O3. The summed E-state index contributed by atoms with van der Waals surface area (Å²) in [6.45, 7) is 1.94. The van der Waals surface area contributed by atoms with Gasteiger partial charge in [0.15, 0.2) is 0 Å². The van der Waals surface area contributed by atoms with E-state index in [1.807, 2.05) is 25.1 Å². The lowest BCUT2D eigenvalue weighted by molar-refractivity contribution is 0.282. The number of rotatable bonds is 2. The third-order valence-corrected chi connectivity index (χ3v) is 1.95. The van der Waals surface area contributed by atoms with Crippen molar-refractivity contribution in [2.75, 3.05) is 7.11 Å². The minimum Gasteiger partial charge on any atom is -0.452 e. The number of ether oxygens (including phenoxy) is 1. The molecule has 0 unspecified atom stereocenters. The molecule has 0 saturated carbocycles. The van der Waals surface area contributed by atoms with Gasteiger partial charge in [0.2, 0.25) is 0 Å². The van der Waals surface area contributed by atoms with Gasteiger partial charge >= 0.3 is 11.8 Å². The van der Waals surface area contributed by atoms with Crippen molar-refractivity contribution in [1.29, 1.82) is 0 Å². The zero-order valence-electron chi connectivity index (χ0n) is 8.43. The molecule has 0 bridgehead atoms. The van der Waals surface area contributed by atoms with E-state index in [0.717, 1.165) is 10.2 Å². The molecule has 0 saturated heterocycles. The Kier molecular flexibility index (Phi) is 2.29. The number of methoxy groups -OCH3 is 1. The van der Waals surface area contributed by atoms with Crippen LogP contribution in [0.25, 0.3) is 5.69 Å². The molecule has 0 fully saturated rings. The van der Waals surface area contributed by atoms with Gasteiger partial charge in [0.05, 0.1) is 12.8 Å². The second-order valence-electron chi connectivity index (χ2n) is 3.09. The molecule has 2 rings (SSSR count). The van der Waals surface area contributed by atoms with E-state index in [0.29, 0.717) is 5.69 Å². The number of nitrogens with zero attached hydrogens (tertiary/aromatic N) is 2. The third-order valence-electron chi connectivity index (χ3n) is 1.95. The molecule has 1 aromatic carbocycles. The van der Waals surface area contributed by atoms with Crippen LogP contribution in [-0.4, -0.2) is 16.9 Å². The summed E-state index contributed by atoms with van der Waals surface area (Å²) in [4.78, 5) is 11.4. The molecule has 1 aromatic heterocycles. The highest BCUT2D eigenvalue weighted by atomic mass is 16.6. The quantitative estimate of drug-likeness (QED) is 0.739. The zero-order valence-corrected chi connectivity index (χ0v) is 8.43. The van der Waals surface area contributed by atoms with Crippen LogP contribution in [0.3, 0.4) is 0 Å². The van der Waals surface area contributed by atoms with E-state index < -0.39 is 5.76 Å². The van der Waals surface area contributed by atoms with Gasteiger partial charge in [-0.2, -0.15) is 4.68 Å². The van der Waals surface area contributed by atoms with Crippen LogP contribution in [0.1, 0.15) is 5.56 Å². The van der Waals surface area contributed by atoms with Crippen molar-refractivity contribution < 1.29 is 9.15 Å². The lowest BCUT2D eigenvalue weighted by atomic mass is 10.2. The van der Waals surface area contributed by atoms with Crippen molar-refractivity contribution in [1.82, 2.24) is 9.78 Å². The number of aromatic nitrogens is 2. The molecule has 0 radical (unpaired) electrons. The minimum absolute atomic E-state index is 0.0403. The van der Waals surface area contributed by atoms with Gasteiger partial charge in [0, 0.05) is 0 Å². The maximum atomic E-state index is 11.4. The van der Waals surface area contributed by atoms with Crippen molar-refractivity contribution >= 4 is 0 Å². The first-order chi connectivity index (χ1) is 7.20. The largest absolute Gasteiger partial charge is 0.452 e. The molecule has 5 heteroatoms. The lowest BCUT2D eigenvalue weighted by Gasteiger charge is -1.98. The molecule has 1 heterocycles. The second kappa shape index (κ2) is 3.61. The Labute approximate surface area is 85.9 Å². The first kappa shape index (κ1) is 9.51. The third kappa shape index (κ3) is 1.76. The van der Waals surface area contributed by atoms with Gasteiger partial charge < -0.3 is 9.15 Å². The highest BCUT2D eigenvalue weighted by Gasteiger charge is 2.09. The monoisotopic (exact) mass is 206 g/mol. The summed E-state index contributed by atoms with van der Waals surface area (Å²) in [5, 5.41) is 3.85. The predicted molar refractivity (Wildman–Crippen MR) is 53.4 cm³/mol. The fraction of sp³-hybridized carbons (Fsp3) is 0.200. The van der Waals surface area contributed by atoms with Gasteiger partial charge in [-0.25, -0.2) is 4.79 Å². The number of aryl methyl sites for hydroxylation is 1. The molecule has 0 atom stereocenters. The molecule has 0 aliphatic carbocycles. The van der Waals surface area contributed by atoms with Gasteiger partial charge in [-0.3, -0.25) is 0 Å². The topological polar surface area (TPSA) is 57.3 Å². The Morgan fingerprint density at radius 2 is 2.27 bits per heavy atom. The summed E-state index contributed by atoms with van der Waals surface area (Å²) in [7, 11) is 1.39. The Hall–Kier alpha value is -2.04.